The van der Waals surface area contributed by atoms with Crippen LogP contribution in [0.3, 0.4) is 0 Å². The summed E-state index contributed by atoms with van der Waals surface area (Å²) in [7, 11) is 0. The molecule has 0 fully saturated rings. The number of carbonyl (C=O) groups is 2. The zero-order chi connectivity index (χ0) is 16.2. The van der Waals surface area contributed by atoms with Gasteiger partial charge in [-0.15, -0.1) is 0 Å². The minimum absolute atomic E-state index is 0.212. The molecule has 0 spiro atoms. The molecule has 0 bridgehead atoms. The molecule has 1 aliphatic rings. The minimum atomic E-state index is -0.212. The first-order chi connectivity index (χ1) is 11.2. The van der Waals surface area contributed by atoms with E-state index in [1.54, 1.807) is 30.3 Å². The van der Waals surface area contributed by atoms with Gasteiger partial charge in [0.25, 0.3) is 11.8 Å². The highest BCUT2D eigenvalue weighted by molar-refractivity contribution is 6.21. The van der Waals surface area contributed by atoms with E-state index in [1.165, 1.54) is 4.90 Å². The van der Waals surface area contributed by atoms with E-state index < -0.39 is 0 Å². The molecular weight excluding hydrogens is 290 g/mol. The Morgan fingerprint density at radius 1 is 0.957 bits per heavy atom. The van der Waals surface area contributed by atoms with Crippen LogP contribution in [-0.4, -0.2) is 29.9 Å². The summed E-state index contributed by atoms with van der Waals surface area (Å²) < 4.78 is 5.43. The zero-order valence-corrected chi connectivity index (χ0v) is 12.7. The molecule has 0 unspecified atom stereocenters. The number of rotatable bonds is 6. The lowest BCUT2D eigenvalue weighted by atomic mass is 10.1. The molecule has 0 aliphatic carbocycles. The van der Waals surface area contributed by atoms with Crippen LogP contribution in [0.2, 0.25) is 0 Å². The molecule has 1 aliphatic heterocycles. The van der Waals surface area contributed by atoms with E-state index in [2.05, 4.69) is 6.58 Å². The molecule has 116 valence electrons. The molecule has 2 amide bonds. The minimum Gasteiger partial charge on any atom is -0.490 e. The Bertz CT molecular complexity index is 714. The molecule has 0 N–H and O–H groups in total. The third kappa shape index (κ3) is 3.01. The van der Waals surface area contributed by atoms with Crippen LogP contribution in [0.4, 0.5) is 0 Å². The van der Waals surface area contributed by atoms with Crippen LogP contribution in [0.15, 0.2) is 61.2 Å². The van der Waals surface area contributed by atoms with Gasteiger partial charge in [0, 0.05) is 6.54 Å². The summed E-state index contributed by atoms with van der Waals surface area (Å²) >= 11 is 0. The Morgan fingerprint density at radius 3 is 2.13 bits per heavy atom. The normalized spacial score (nSPS) is 13.1. The molecule has 0 radical (unpaired) electrons. The van der Waals surface area contributed by atoms with Crippen molar-refractivity contribution in [3.63, 3.8) is 0 Å². The number of hydrogen-bond acceptors (Lipinski definition) is 3. The van der Waals surface area contributed by atoms with Gasteiger partial charge >= 0.3 is 0 Å². The monoisotopic (exact) mass is 307 g/mol. The first-order valence-corrected chi connectivity index (χ1v) is 7.48. The smallest absolute Gasteiger partial charge is 0.261 e. The van der Waals surface area contributed by atoms with Gasteiger partial charge < -0.3 is 4.74 Å². The first-order valence-electron chi connectivity index (χ1n) is 7.48. The number of fused-ring (bicyclic) bond motifs is 1. The molecule has 4 heteroatoms. The van der Waals surface area contributed by atoms with E-state index in [0.717, 1.165) is 11.3 Å². The quantitative estimate of drug-likeness (QED) is 0.608. The molecule has 23 heavy (non-hydrogen) atoms. The second kappa shape index (κ2) is 6.48. The maximum atomic E-state index is 12.3. The van der Waals surface area contributed by atoms with Crippen molar-refractivity contribution in [1.29, 1.82) is 0 Å². The van der Waals surface area contributed by atoms with Gasteiger partial charge in [0.05, 0.1) is 11.1 Å². The van der Waals surface area contributed by atoms with E-state index in [-0.39, 0.29) is 11.8 Å². The van der Waals surface area contributed by atoms with Gasteiger partial charge in [0.1, 0.15) is 12.4 Å². The molecule has 3 rings (SSSR count). The topological polar surface area (TPSA) is 46.6 Å². The number of ether oxygens (including phenoxy) is 1. The summed E-state index contributed by atoms with van der Waals surface area (Å²) in [6.07, 6.45) is 2.31. The summed E-state index contributed by atoms with van der Waals surface area (Å²) in [6, 6.07) is 14.6. The fraction of sp³-hybridized carbons (Fsp3) is 0.158. The van der Waals surface area contributed by atoms with Crippen molar-refractivity contribution in [3.05, 3.63) is 77.9 Å². The van der Waals surface area contributed by atoms with Crippen LogP contribution in [0, 0.1) is 0 Å². The Morgan fingerprint density at radius 2 is 1.57 bits per heavy atom. The molecule has 0 saturated carbocycles. The largest absolute Gasteiger partial charge is 0.490 e. The van der Waals surface area contributed by atoms with Crippen molar-refractivity contribution in [2.24, 2.45) is 0 Å². The predicted octanol–water partition coefficient (Wildman–Crippen LogP) is 3.09. The molecule has 2 aromatic rings. The second-order valence-electron chi connectivity index (χ2n) is 5.30. The number of amides is 2. The summed E-state index contributed by atoms with van der Waals surface area (Å²) in [5.74, 6) is 0.349. The van der Waals surface area contributed by atoms with Gasteiger partial charge in [0.15, 0.2) is 0 Å². The molecule has 1 heterocycles. The number of carbonyl (C=O) groups excluding carboxylic acids is 2. The lowest BCUT2D eigenvalue weighted by molar-refractivity contribution is 0.0656. The van der Waals surface area contributed by atoms with Crippen LogP contribution in [0.5, 0.6) is 5.75 Å². The summed E-state index contributed by atoms with van der Waals surface area (Å²) in [5, 5.41) is 0. The molecular formula is C19H17NO3. The first kappa shape index (κ1) is 15.0. The van der Waals surface area contributed by atoms with Crippen LogP contribution in [-0.2, 0) is 6.42 Å². The van der Waals surface area contributed by atoms with Crippen molar-refractivity contribution in [1.82, 2.24) is 4.90 Å². The van der Waals surface area contributed by atoms with E-state index in [1.807, 2.05) is 24.3 Å². The van der Waals surface area contributed by atoms with Gasteiger partial charge in [0.2, 0.25) is 0 Å². The maximum Gasteiger partial charge on any atom is 0.261 e. The van der Waals surface area contributed by atoms with Crippen LogP contribution in [0.1, 0.15) is 26.3 Å². The van der Waals surface area contributed by atoms with Crippen molar-refractivity contribution < 1.29 is 14.3 Å². The average Bonchev–Trinajstić information content (AvgIpc) is 2.84. The SMILES string of the molecule is C=CCOc1ccc(CCN2C(=O)c3ccccc3C2=O)cc1. The predicted molar refractivity (Wildman–Crippen MR) is 87.6 cm³/mol. The fourth-order valence-corrected chi connectivity index (χ4v) is 2.59. The number of nitrogens with zero attached hydrogens (tertiary/aromatic N) is 1. The third-order valence-corrected chi connectivity index (χ3v) is 3.79. The summed E-state index contributed by atoms with van der Waals surface area (Å²) in [6.45, 7) is 4.44. The van der Waals surface area contributed by atoms with Crippen molar-refractivity contribution >= 4 is 11.8 Å². The summed E-state index contributed by atoms with van der Waals surface area (Å²) in [5.41, 5.74) is 2.03. The van der Waals surface area contributed by atoms with Gasteiger partial charge in [-0.2, -0.15) is 0 Å². The Hall–Kier alpha value is -2.88. The summed E-state index contributed by atoms with van der Waals surface area (Å²) in [4.78, 5) is 25.9. The maximum absolute atomic E-state index is 12.3. The third-order valence-electron chi connectivity index (χ3n) is 3.79. The number of hydrogen-bond donors (Lipinski definition) is 0. The van der Waals surface area contributed by atoms with Crippen molar-refractivity contribution in [2.75, 3.05) is 13.2 Å². The number of imide groups is 1. The highest BCUT2D eigenvalue weighted by Crippen LogP contribution is 2.22. The van der Waals surface area contributed by atoms with Gasteiger partial charge in [-0.05, 0) is 36.2 Å². The molecule has 2 aromatic carbocycles. The Labute approximate surface area is 135 Å². The van der Waals surface area contributed by atoms with E-state index in [4.69, 9.17) is 4.74 Å². The highest BCUT2D eigenvalue weighted by Gasteiger charge is 2.34. The van der Waals surface area contributed by atoms with E-state index >= 15 is 0 Å². The zero-order valence-electron chi connectivity index (χ0n) is 12.7. The fourth-order valence-electron chi connectivity index (χ4n) is 2.59. The van der Waals surface area contributed by atoms with E-state index in [0.29, 0.717) is 30.7 Å². The molecule has 4 nitrogen and oxygen atoms in total. The van der Waals surface area contributed by atoms with Crippen LogP contribution < -0.4 is 4.74 Å². The van der Waals surface area contributed by atoms with Gasteiger partial charge in [-0.25, -0.2) is 0 Å². The van der Waals surface area contributed by atoms with Gasteiger partial charge in [-0.1, -0.05) is 36.9 Å². The Kier molecular flexibility index (Phi) is 4.24. The lowest BCUT2D eigenvalue weighted by Gasteiger charge is -2.13. The van der Waals surface area contributed by atoms with Gasteiger partial charge in [-0.3, -0.25) is 14.5 Å². The Balaban J connectivity index is 1.64. The molecule has 0 atom stereocenters. The van der Waals surface area contributed by atoms with Crippen LogP contribution in [0.25, 0.3) is 0 Å². The number of benzene rings is 2. The lowest BCUT2D eigenvalue weighted by Crippen LogP contribution is -2.31. The van der Waals surface area contributed by atoms with Crippen LogP contribution >= 0.6 is 0 Å². The molecule has 0 saturated heterocycles. The standard InChI is InChI=1S/C19H17NO3/c1-2-13-23-15-9-7-14(8-10-15)11-12-20-18(21)16-5-3-4-6-17(16)19(20)22/h2-10H,1,11-13H2. The second-order valence-corrected chi connectivity index (χ2v) is 5.30. The van der Waals surface area contributed by atoms with Crippen molar-refractivity contribution in [2.45, 2.75) is 6.42 Å². The average molecular weight is 307 g/mol. The van der Waals surface area contributed by atoms with Crippen molar-refractivity contribution in [3.8, 4) is 5.75 Å². The molecule has 0 aromatic heterocycles. The van der Waals surface area contributed by atoms with E-state index in [9.17, 15) is 9.59 Å². The highest BCUT2D eigenvalue weighted by atomic mass is 16.5.